The van der Waals surface area contributed by atoms with Gasteiger partial charge in [0.2, 0.25) is 0 Å². The first-order valence-electron chi connectivity index (χ1n) is 4.73. The maximum atomic E-state index is 6.12. The molecule has 0 fully saturated rings. The topological polar surface area (TPSA) is 26.0 Å². The van der Waals surface area contributed by atoms with Crippen LogP contribution in [0, 0.1) is 13.8 Å². The van der Waals surface area contributed by atoms with E-state index in [2.05, 4.69) is 10.9 Å². The predicted octanol–water partition coefficient (Wildman–Crippen LogP) is 4.09. The van der Waals surface area contributed by atoms with Gasteiger partial charge in [-0.15, -0.1) is 0 Å². The van der Waals surface area contributed by atoms with E-state index in [9.17, 15) is 0 Å². The lowest BCUT2D eigenvalue weighted by atomic mass is 10.1. The number of hydrogen-bond acceptors (Lipinski definition) is 2. The van der Waals surface area contributed by atoms with Crippen molar-refractivity contribution < 1.29 is 4.52 Å². The van der Waals surface area contributed by atoms with Gasteiger partial charge in [0.05, 0.1) is 15.6 Å². The summed E-state index contributed by atoms with van der Waals surface area (Å²) in [6, 6.07) is 0. The van der Waals surface area contributed by atoms with Crippen LogP contribution in [0.2, 0.25) is 0 Å². The van der Waals surface area contributed by atoms with Crippen LogP contribution in [0.3, 0.4) is 0 Å². The molecule has 0 aliphatic heterocycles. The Morgan fingerprint density at radius 1 is 1.31 bits per heavy atom. The van der Waals surface area contributed by atoms with Crippen LogP contribution in [-0.4, -0.2) is 5.16 Å². The van der Waals surface area contributed by atoms with Gasteiger partial charge < -0.3 is 4.52 Å². The van der Waals surface area contributed by atoms with Gasteiger partial charge in [-0.1, -0.05) is 40.2 Å². The van der Waals surface area contributed by atoms with E-state index in [0.717, 1.165) is 11.3 Å². The molecule has 0 spiro atoms. The molecule has 0 radical (unpaired) electrons. The molecule has 1 heterocycles. The molecule has 2 rings (SSSR count). The quantitative estimate of drug-likeness (QED) is 0.705. The van der Waals surface area contributed by atoms with Crippen LogP contribution in [0.25, 0.3) is 5.57 Å². The molecule has 0 saturated carbocycles. The first-order valence-corrected chi connectivity index (χ1v) is 5.49. The number of rotatable bonds is 1. The second kappa shape index (κ2) is 4.34. The van der Waals surface area contributed by atoms with Gasteiger partial charge in [0.25, 0.3) is 0 Å². The van der Waals surface area contributed by atoms with E-state index in [1.807, 2.05) is 13.8 Å². The van der Waals surface area contributed by atoms with Gasteiger partial charge in [-0.25, -0.2) is 0 Å². The molecule has 0 N–H and O–H groups in total. The number of allylic oxidation sites excluding steroid dienone is 5. The molecule has 1 aromatic rings. The zero-order chi connectivity index (χ0) is 11.7. The Hall–Kier alpha value is -1.21. The standard InChI is InChI=1S/C12H9Cl2NO/c1-7-8(2)16-15-12(7)10-6-9(13)4-3-5-11(10)14/h3-5H,1-2H3. The monoisotopic (exact) mass is 253 g/mol. The largest absolute Gasteiger partial charge is 0.361 e. The second-order valence-corrected chi connectivity index (χ2v) is 4.25. The lowest BCUT2D eigenvalue weighted by molar-refractivity contribution is 0.395. The molecule has 0 aromatic carbocycles. The van der Waals surface area contributed by atoms with Crippen molar-refractivity contribution in [3.8, 4) is 0 Å². The average Bonchev–Trinajstić information content (AvgIpc) is 2.46. The van der Waals surface area contributed by atoms with Crippen molar-refractivity contribution in [2.24, 2.45) is 0 Å². The lowest BCUT2D eigenvalue weighted by Crippen LogP contribution is -1.87. The summed E-state index contributed by atoms with van der Waals surface area (Å²) in [5, 5.41) is 5.00. The highest BCUT2D eigenvalue weighted by Crippen LogP contribution is 2.30. The summed E-state index contributed by atoms with van der Waals surface area (Å²) < 4.78 is 5.10. The molecular formula is C12H9Cl2NO. The van der Waals surface area contributed by atoms with E-state index in [0.29, 0.717) is 21.3 Å². The highest BCUT2D eigenvalue weighted by atomic mass is 35.5. The van der Waals surface area contributed by atoms with Crippen LogP contribution in [0.5, 0.6) is 0 Å². The Bertz CT molecular complexity index is 558. The predicted molar refractivity (Wildman–Crippen MR) is 65.3 cm³/mol. The summed E-state index contributed by atoms with van der Waals surface area (Å²) in [6.45, 7) is 3.77. The molecule has 0 amide bonds. The highest BCUT2D eigenvalue weighted by molar-refractivity contribution is 6.38. The Kier molecular flexibility index (Phi) is 3.06. The van der Waals surface area contributed by atoms with E-state index in [1.54, 1.807) is 18.2 Å². The summed E-state index contributed by atoms with van der Waals surface area (Å²) in [6.07, 6.45) is 5.24. The van der Waals surface area contributed by atoms with Crippen molar-refractivity contribution in [3.63, 3.8) is 0 Å². The minimum atomic E-state index is 0.488. The van der Waals surface area contributed by atoms with Crippen LogP contribution < -0.4 is 0 Å². The lowest BCUT2D eigenvalue weighted by Gasteiger charge is -1.98. The van der Waals surface area contributed by atoms with Crippen molar-refractivity contribution in [1.29, 1.82) is 0 Å². The number of nitrogens with zero attached hydrogens (tertiary/aromatic N) is 1. The molecule has 0 saturated heterocycles. The second-order valence-electron chi connectivity index (χ2n) is 3.43. The van der Waals surface area contributed by atoms with E-state index >= 15 is 0 Å². The molecule has 82 valence electrons. The van der Waals surface area contributed by atoms with E-state index in [1.165, 1.54) is 0 Å². The number of hydrogen-bond donors (Lipinski definition) is 0. The molecule has 2 nitrogen and oxygen atoms in total. The molecule has 0 unspecified atom stereocenters. The molecule has 4 heteroatoms. The van der Waals surface area contributed by atoms with Gasteiger partial charge in [-0.2, -0.15) is 0 Å². The fraction of sp³-hybridized carbons (Fsp3) is 0.167. The first kappa shape index (κ1) is 11.3. The average molecular weight is 254 g/mol. The Morgan fingerprint density at radius 3 is 2.69 bits per heavy atom. The fourth-order valence-corrected chi connectivity index (χ4v) is 1.72. The Morgan fingerprint density at radius 2 is 2.06 bits per heavy atom. The van der Waals surface area contributed by atoms with Crippen LogP contribution in [0.1, 0.15) is 17.0 Å². The number of aryl methyl sites for hydroxylation is 1. The fourth-order valence-electron chi connectivity index (χ4n) is 1.34. The Labute approximate surface area is 104 Å². The highest BCUT2D eigenvalue weighted by Gasteiger charge is 2.16. The van der Waals surface area contributed by atoms with Crippen LogP contribution in [-0.2, 0) is 0 Å². The first-order chi connectivity index (χ1) is 7.59. The van der Waals surface area contributed by atoms with Crippen molar-refractivity contribution in [2.45, 2.75) is 13.8 Å². The maximum Gasteiger partial charge on any atom is 0.137 e. The third-order valence-electron chi connectivity index (χ3n) is 2.36. The van der Waals surface area contributed by atoms with Crippen LogP contribution in [0.15, 0.2) is 38.5 Å². The van der Waals surface area contributed by atoms with Crippen molar-refractivity contribution in [3.05, 3.63) is 51.0 Å². The smallest absolute Gasteiger partial charge is 0.137 e. The van der Waals surface area contributed by atoms with Gasteiger partial charge in [-0.05, 0) is 26.0 Å². The summed E-state index contributed by atoms with van der Waals surface area (Å²) in [7, 11) is 0. The molecule has 0 atom stereocenters. The number of halogens is 2. The molecule has 1 aromatic heterocycles. The third-order valence-corrected chi connectivity index (χ3v) is 2.90. The summed E-state index contributed by atoms with van der Waals surface area (Å²) >= 11 is 12.1. The van der Waals surface area contributed by atoms with E-state index in [-0.39, 0.29) is 0 Å². The summed E-state index contributed by atoms with van der Waals surface area (Å²) in [4.78, 5) is 0. The summed E-state index contributed by atoms with van der Waals surface area (Å²) in [5.41, 5.74) is 5.27. The molecule has 1 aliphatic carbocycles. The zero-order valence-electron chi connectivity index (χ0n) is 8.84. The van der Waals surface area contributed by atoms with Crippen LogP contribution in [0.4, 0.5) is 0 Å². The zero-order valence-corrected chi connectivity index (χ0v) is 10.4. The normalized spacial score (nSPS) is 15.4. The van der Waals surface area contributed by atoms with Crippen LogP contribution >= 0.6 is 23.2 Å². The third kappa shape index (κ3) is 2.00. The minimum Gasteiger partial charge on any atom is -0.361 e. The molecule has 16 heavy (non-hydrogen) atoms. The summed E-state index contributed by atoms with van der Waals surface area (Å²) in [5.74, 6) is 0.766. The van der Waals surface area contributed by atoms with Gasteiger partial charge in [0.15, 0.2) is 0 Å². The molecule has 1 aliphatic rings. The van der Waals surface area contributed by atoms with E-state index in [4.69, 9.17) is 27.7 Å². The van der Waals surface area contributed by atoms with Crippen molar-refractivity contribution >= 4 is 28.8 Å². The van der Waals surface area contributed by atoms with Gasteiger partial charge in [0.1, 0.15) is 11.5 Å². The van der Waals surface area contributed by atoms with Gasteiger partial charge in [-0.3, -0.25) is 0 Å². The minimum absolute atomic E-state index is 0.488. The molecule has 0 bridgehead atoms. The van der Waals surface area contributed by atoms with Gasteiger partial charge >= 0.3 is 0 Å². The van der Waals surface area contributed by atoms with Gasteiger partial charge in [0, 0.05) is 5.56 Å². The number of aromatic nitrogens is 1. The molecular weight excluding hydrogens is 245 g/mol. The van der Waals surface area contributed by atoms with E-state index < -0.39 is 0 Å². The SMILES string of the molecule is Cc1onc(C2=C=C(Cl)C=CC=C2Cl)c1C. The van der Waals surface area contributed by atoms with Crippen molar-refractivity contribution in [2.75, 3.05) is 0 Å². The maximum absolute atomic E-state index is 6.12. The van der Waals surface area contributed by atoms with Crippen molar-refractivity contribution in [1.82, 2.24) is 5.16 Å². The Balaban J connectivity index is 2.64.